The van der Waals surface area contributed by atoms with Gasteiger partial charge in [0.25, 0.3) is 11.8 Å². The van der Waals surface area contributed by atoms with Crippen molar-refractivity contribution in [3.05, 3.63) is 47.8 Å². The van der Waals surface area contributed by atoms with Gasteiger partial charge in [-0.05, 0) is 30.5 Å². The third-order valence-corrected chi connectivity index (χ3v) is 3.95. The van der Waals surface area contributed by atoms with Crippen LogP contribution >= 0.6 is 0 Å². The number of pyridine rings is 2. The molecule has 2 amide bonds. The van der Waals surface area contributed by atoms with E-state index in [2.05, 4.69) is 20.6 Å². The van der Waals surface area contributed by atoms with Crippen molar-refractivity contribution in [3.63, 3.8) is 0 Å². The molecular weight excluding hydrogens is 370 g/mol. The number of carbonyl (C=O) groups is 2. The predicted octanol–water partition coefficient (Wildman–Crippen LogP) is 2.79. The van der Waals surface area contributed by atoms with Crippen molar-refractivity contribution < 1.29 is 23.1 Å². The van der Waals surface area contributed by atoms with Gasteiger partial charge in [0.2, 0.25) is 11.8 Å². The third kappa shape index (κ3) is 5.97. The molecule has 0 saturated heterocycles. The minimum Gasteiger partial charge on any atom is -0.471 e. The van der Waals surface area contributed by atoms with Gasteiger partial charge in [0.05, 0.1) is 0 Å². The van der Waals surface area contributed by atoms with Crippen molar-refractivity contribution in [3.8, 4) is 5.88 Å². The first kappa shape index (κ1) is 19.7. The predicted molar refractivity (Wildman–Crippen MR) is 97.1 cm³/mol. The summed E-state index contributed by atoms with van der Waals surface area (Å²) in [7, 11) is 0. The summed E-state index contributed by atoms with van der Waals surface area (Å²) >= 11 is 0. The molecule has 2 heterocycles. The van der Waals surface area contributed by atoms with Gasteiger partial charge in [-0.25, -0.2) is 18.7 Å². The number of nitrogens with zero attached hydrogens (tertiary/aromatic N) is 2. The lowest BCUT2D eigenvalue weighted by Crippen LogP contribution is -2.23. The molecule has 2 aromatic rings. The lowest BCUT2D eigenvalue weighted by molar-refractivity contribution is -0.117. The number of rotatable bonds is 8. The molecule has 0 aromatic carbocycles. The minimum absolute atomic E-state index is 0.0438. The summed E-state index contributed by atoms with van der Waals surface area (Å²) < 4.78 is 30.4. The smallest absolute Gasteiger partial charge is 0.278 e. The lowest BCUT2D eigenvalue weighted by atomic mass is 10.2. The maximum atomic E-state index is 12.8. The number of hydrogen-bond donors (Lipinski definition) is 2. The number of aromatic nitrogens is 2. The van der Waals surface area contributed by atoms with Gasteiger partial charge < -0.3 is 15.4 Å². The Morgan fingerprint density at radius 1 is 1.25 bits per heavy atom. The molecule has 1 saturated carbocycles. The highest BCUT2D eigenvalue weighted by atomic mass is 19.3. The van der Waals surface area contributed by atoms with Crippen LogP contribution in [0.1, 0.15) is 35.7 Å². The van der Waals surface area contributed by atoms with Crippen molar-refractivity contribution in [2.75, 3.05) is 11.9 Å². The summed E-state index contributed by atoms with van der Waals surface area (Å²) in [4.78, 5) is 32.1. The van der Waals surface area contributed by atoms with Gasteiger partial charge in [-0.15, -0.1) is 0 Å². The van der Waals surface area contributed by atoms with Crippen LogP contribution in [-0.4, -0.2) is 34.3 Å². The van der Waals surface area contributed by atoms with E-state index in [4.69, 9.17) is 4.74 Å². The highest BCUT2D eigenvalue weighted by Crippen LogP contribution is 2.29. The van der Waals surface area contributed by atoms with E-state index in [0.29, 0.717) is 16.9 Å². The zero-order chi connectivity index (χ0) is 20.1. The largest absolute Gasteiger partial charge is 0.471 e. The van der Waals surface area contributed by atoms with Crippen LogP contribution in [-0.2, 0) is 11.3 Å². The highest BCUT2D eigenvalue weighted by Gasteiger charge is 2.29. The van der Waals surface area contributed by atoms with E-state index >= 15 is 0 Å². The second-order valence-corrected chi connectivity index (χ2v) is 6.74. The average molecular weight is 390 g/mol. The molecule has 3 rings (SSSR count). The zero-order valence-corrected chi connectivity index (χ0v) is 15.2. The van der Waals surface area contributed by atoms with E-state index in [-0.39, 0.29) is 30.2 Å². The normalized spacial score (nSPS) is 13.7. The molecule has 2 N–H and O–H groups in total. The molecule has 28 heavy (non-hydrogen) atoms. The number of hydrogen-bond acceptors (Lipinski definition) is 5. The molecule has 0 aliphatic heterocycles. The number of alkyl halides is 2. The Morgan fingerprint density at radius 3 is 2.68 bits per heavy atom. The average Bonchev–Trinajstić information content (AvgIpc) is 3.50. The molecule has 0 atom stereocenters. The van der Waals surface area contributed by atoms with Gasteiger partial charge in [0.15, 0.2) is 6.61 Å². The molecule has 0 bridgehead atoms. The Hall–Kier alpha value is -3.10. The summed E-state index contributed by atoms with van der Waals surface area (Å²) in [6.07, 6.45) is 4.65. The van der Waals surface area contributed by atoms with E-state index in [9.17, 15) is 18.4 Å². The fraction of sp³-hybridized carbons (Fsp3) is 0.368. The standard InChI is InChI=1S/C19H20F2N4O3/c1-19(20,21)11-28-16-5-2-12(9-23-16)10-24-17(26)14-6-7-22-15(8-14)25-18(27)13-3-4-13/h2,5-9,13H,3-4,10-11H2,1H3,(H,24,26)(H,22,25,27). The number of halogens is 2. The number of ether oxygens (including phenoxy) is 1. The monoisotopic (exact) mass is 390 g/mol. The summed E-state index contributed by atoms with van der Waals surface area (Å²) in [6, 6.07) is 6.15. The fourth-order valence-corrected chi connectivity index (χ4v) is 2.30. The first-order valence-corrected chi connectivity index (χ1v) is 8.81. The Bertz CT molecular complexity index is 849. The van der Waals surface area contributed by atoms with Crippen LogP contribution in [0.5, 0.6) is 5.88 Å². The number of carbonyl (C=O) groups excluding carboxylic acids is 2. The van der Waals surface area contributed by atoms with E-state index in [1.807, 2.05) is 0 Å². The Labute approximate surface area is 160 Å². The topological polar surface area (TPSA) is 93.2 Å². The van der Waals surface area contributed by atoms with Crippen LogP contribution < -0.4 is 15.4 Å². The van der Waals surface area contributed by atoms with Gasteiger partial charge in [-0.1, -0.05) is 6.07 Å². The summed E-state index contributed by atoms with van der Waals surface area (Å²) in [5.41, 5.74) is 1.04. The first-order chi connectivity index (χ1) is 13.3. The van der Waals surface area contributed by atoms with Crippen molar-refractivity contribution >= 4 is 17.6 Å². The van der Waals surface area contributed by atoms with Gasteiger partial charge in [-0.3, -0.25) is 9.59 Å². The van der Waals surface area contributed by atoms with Crippen molar-refractivity contribution in [2.45, 2.75) is 32.2 Å². The molecule has 1 aliphatic carbocycles. The quantitative estimate of drug-likeness (QED) is 0.723. The number of anilines is 1. The van der Waals surface area contributed by atoms with Crippen molar-refractivity contribution in [1.29, 1.82) is 0 Å². The fourth-order valence-electron chi connectivity index (χ4n) is 2.30. The Morgan fingerprint density at radius 2 is 2.04 bits per heavy atom. The molecule has 148 valence electrons. The van der Waals surface area contributed by atoms with E-state index < -0.39 is 12.5 Å². The third-order valence-electron chi connectivity index (χ3n) is 3.95. The van der Waals surface area contributed by atoms with Crippen LogP contribution in [0.15, 0.2) is 36.7 Å². The summed E-state index contributed by atoms with van der Waals surface area (Å²) in [5.74, 6) is -2.89. The minimum atomic E-state index is -2.93. The second kappa shape index (κ2) is 8.28. The van der Waals surface area contributed by atoms with E-state index in [1.54, 1.807) is 12.1 Å². The van der Waals surface area contributed by atoms with Gasteiger partial charge >= 0.3 is 0 Å². The van der Waals surface area contributed by atoms with Gasteiger partial charge in [0.1, 0.15) is 5.82 Å². The molecular formula is C19H20F2N4O3. The van der Waals surface area contributed by atoms with Crippen LogP contribution in [0.2, 0.25) is 0 Å². The maximum Gasteiger partial charge on any atom is 0.278 e. The van der Waals surface area contributed by atoms with Gasteiger partial charge in [0, 0.05) is 43.4 Å². The van der Waals surface area contributed by atoms with Crippen LogP contribution in [0.3, 0.4) is 0 Å². The van der Waals surface area contributed by atoms with Gasteiger partial charge in [-0.2, -0.15) is 0 Å². The van der Waals surface area contributed by atoms with E-state index in [0.717, 1.165) is 19.8 Å². The zero-order valence-electron chi connectivity index (χ0n) is 15.2. The molecule has 0 radical (unpaired) electrons. The van der Waals surface area contributed by atoms with Crippen molar-refractivity contribution in [2.24, 2.45) is 5.92 Å². The molecule has 0 unspecified atom stereocenters. The summed E-state index contributed by atoms with van der Waals surface area (Å²) in [5, 5.41) is 5.42. The lowest BCUT2D eigenvalue weighted by Gasteiger charge is -2.11. The summed E-state index contributed by atoms with van der Waals surface area (Å²) in [6.45, 7) is 0.207. The van der Waals surface area contributed by atoms with Crippen LogP contribution in [0, 0.1) is 5.92 Å². The SMILES string of the molecule is CC(F)(F)COc1ccc(CNC(=O)c2ccnc(NC(=O)C3CC3)c2)cn1. The molecule has 1 fully saturated rings. The Balaban J connectivity index is 1.51. The van der Waals surface area contributed by atoms with Crippen LogP contribution in [0.25, 0.3) is 0 Å². The maximum absolute atomic E-state index is 12.8. The molecule has 2 aromatic heterocycles. The first-order valence-electron chi connectivity index (χ1n) is 8.81. The highest BCUT2D eigenvalue weighted by molar-refractivity contribution is 5.97. The number of nitrogens with one attached hydrogen (secondary N) is 2. The van der Waals surface area contributed by atoms with Crippen molar-refractivity contribution in [1.82, 2.24) is 15.3 Å². The molecule has 9 heteroatoms. The molecule has 0 spiro atoms. The molecule has 1 aliphatic rings. The van der Waals surface area contributed by atoms with E-state index in [1.165, 1.54) is 24.5 Å². The van der Waals surface area contributed by atoms with Crippen LogP contribution in [0.4, 0.5) is 14.6 Å². The second-order valence-electron chi connectivity index (χ2n) is 6.74. The Kier molecular flexibility index (Phi) is 5.81. The molecule has 7 nitrogen and oxygen atoms in total. The number of amides is 2.